The van der Waals surface area contributed by atoms with Crippen LogP contribution in [0, 0.1) is 13.8 Å². The number of aromatic nitrogens is 5. The Morgan fingerprint density at radius 2 is 1.97 bits per heavy atom. The zero-order valence-corrected chi connectivity index (χ0v) is 16.9. The Morgan fingerprint density at radius 3 is 2.66 bits per heavy atom. The van der Waals surface area contributed by atoms with Crippen molar-refractivity contribution in [3.05, 3.63) is 47.8 Å². The van der Waals surface area contributed by atoms with Crippen LogP contribution in [0.3, 0.4) is 0 Å². The lowest BCUT2D eigenvalue weighted by atomic mass is 9.96. The highest BCUT2D eigenvalue weighted by Crippen LogP contribution is 2.28. The predicted octanol–water partition coefficient (Wildman–Crippen LogP) is 3.13. The van der Waals surface area contributed by atoms with E-state index in [2.05, 4.69) is 26.3 Å². The maximum Gasteiger partial charge on any atom is 0.258 e. The summed E-state index contributed by atoms with van der Waals surface area (Å²) in [5.74, 6) is 1.70. The van der Waals surface area contributed by atoms with Gasteiger partial charge < -0.3 is 9.42 Å². The fourth-order valence-corrected chi connectivity index (χ4v) is 3.84. The van der Waals surface area contributed by atoms with E-state index >= 15 is 0 Å². The Bertz CT molecular complexity index is 957. The van der Waals surface area contributed by atoms with Crippen molar-refractivity contribution in [1.29, 1.82) is 0 Å². The van der Waals surface area contributed by atoms with Crippen molar-refractivity contribution in [3.8, 4) is 11.5 Å². The number of carbonyl (C=O) groups excluding carboxylic acids is 1. The lowest BCUT2D eigenvalue weighted by Crippen LogP contribution is -2.38. The zero-order valence-electron chi connectivity index (χ0n) is 16.9. The molecule has 1 amide bonds. The molecule has 4 rings (SSSR count). The second-order valence-electron chi connectivity index (χ2n) is 7.60. The summed E-state index contributed by atoms with van der Waals surface area (Å²) in [5.41, 5.74) is 3.03. The van der Waals surface area contributed by atoms with Crippen LogP contribution >= 0.6 is 0 Å². The van der Waals surface area contributed by atoms with Crippen LogP contribution in [0.25, 0.3) is 11.5 Å². The molecule has 152 valence electrons. The number of rotatable bonds is 6. The number of hydrogen-bond donors (Lipinski definition) is 0. The molecule has 0 saturated carbocycles. The highest BCUT2D eigenvalue weighted by atomic mass is 16.5. The van der Waals surface area contributed by atoms with Gasteiger partial charge in [-0.3, -0.25) is 14.5 Å². The van der Waals surface area contributed by atoms with Crippen LogP contribution in [-0.4, -0.2) is 48.8 Å². The summed E-state index contributed by atoms with van der Waals surface area (Å²) in [6.07, 6.45) is 6.49. The van der Waals surface area contributed by atoms with Crippen molar-refractivity contribution in [1.82, 2.24) is 29.8 Å². The third kappa shape index (κ3) is 4.52. The Morgan fingerprint density at radius 1 is 1.21 bits per heavy atom. The van der Waals surface area contributed by atoms with Crippen LogP contribution in [0.5, 0.6) is 0 Å². The van der Waals surface area contributed by atoms with Crippen LogP contribution in [0.1, 0.15) is 48.8 Å². The smallest absolute Gasteiger partial charge is 0.258 e. The van der Waals surface area contributed by atoms with Gasteiger partial charge in [0.15, 0.2) is 5.82 Å². The first kappa shape index (κ1) is 19.3. The lowest BCUT2D eigenvalue weighted by molar-refractivity contribution is -0.132. The Labute approximate surface area is 169 Å². The van der Waals surface area contributed by atoms with Crippen molar-refractivity contribution in [2.75, 3.05) is 13.1 Å². The van der Waals surface area contributed by atoms with Crippen LogP contribution in [0.15, 0.2) is 35.1 Å². The van der Waals surface area contributed by atoms with E-state index in [4.69, 9.17) is 4.52 Å². The van der Waals surface area contributed by atoms with Crippen LogP contribution < -0.4 is 0 Å². The van der Waals surface area contributed by atoms with Gasteiger partial charge >= 0.3 is 0 Å². The standard InChI is InChI=1S/C21H26N6O2/c1-15-14-16(2)27(24-15)11-3-4-19(28)26-12-7-17(8-13-26)20-23-21(29-25-20)18-5-9-22-10-6-18/h5-6,9-10,14,17H,3-4,7-8,11-13H2,1-2H3. The molecule has 0 unspecified atom stereocenters. The molecule has 0 aromatic carbocycles. The molecule has 1 saturated heterocycles. The predicted molar refractivity (Wildman–Crippen MR) is 107 cm³/mol. The molecule has 1 fully saturated rings. The lowest BCUT2D eigenvalue weighted by Gasteiger charge is -2.30. The molecule has 0 atom stereocenters. The van der Waals surface area contributed by atoms with Gasteiger partial charge in [-0.15, -0.1) is 0 Å². The summed E-state index contributed by atoms with van der Waals surface area (Å²) < 4.78 is 7.38. The fraction of sp³-hybridized carbons (Fsp3) is 0.476. The Balaban J connectivity index is 1.25. The zero-order chi connectivity index (χ0) is 20.2. The number of hydrogen-bond acceptors (Lipinski definition) is 6. The highest BCUT2D eigenvalue weighted by Gasteiger charge is 2.27. The summed E-state index contributed by atoms with van der Waals surface area (Å²) in [7, 11) is 0. The Hall–Kier alpha value is -3.03. The number of aryl methyl sites for hydroxylation is 3. The molecular weight excluding hydrogens is 368 g/mol. The number of piperidine rings is 1. The van der Waals surface area contributed by atoms with Gasteiger partial charge in [0.05, 0.1) is 5.69 Å². The van der Waals surface area contributed by atoms with Gasteiger partial charge in [-0.1, -0.05) is 5.16 Å². The number of likely N-dealkylation sites (tertiary alicyclic amines) is 1. The molecular formula is C21H26N6O2. The van der Waals surface area contributed by atoms with Crippen LogP contribution in [0.4, 0.5) is 0 Å². The maximum atomic E-state index is 12.6. The average molecular weight is 394 g/mol. The van der Waals surface area contributed by atoms with Gasteiger partial charge in [0, 0.05) is 55.6 Å². The minimum Gasteiger partial charge on any atom is -0.343 e. The van der Waals surface area contributed by atoms with E-state index in [-0.39, 0.29) is 11.8 Å². The van der Waals surface area contributed by atoms with E-state index in [1.54, 1.807) is 12.4 Å². The summed E-state index contributed by atoms with van der Waals surface area (Å²) in [6.45, 7) is 6.29. The number of nitrogens with zero attached hydrogens (tertiary/aromatic N) is 6. The van der Waals surface area contributed by atoms with Crippen molar-refractivity contribution >= 4 is 5.91 Å². The average Bonchev–Trinajstić information content (AvgIpc) is 3.35. The third-order valence-electron chi connectivity index (χ3n) is 5.45. The van der Waals surface area contributed by atoms with Crippen molar-refractivity contribution in [3.63, 3.8) is 0 Å². The minimum atomic E-state index is 0.218. The van der Waals surface area contributed by atoms with Gasteiger partial charge in [0.1, 0.15) is 0 Å². The van der Waals surface area contributed by atoms with E-state index in [1.807, 2.05) is 35.6 Å². The van der Waals surface area contributed by atoms with E-state index in [0.29, 0.717) is 12.3 Å². The van der Waals surface area contributed by atoms with E-state index < -0.39 is 0 Å². The van der Waals surface area contributed by atoms with Crippen molar-refractivity contribution < 1.29 is 9.32 Å². The second-order valence-corrected chi connectivity index (χ2v) is 7.60. The number of amides is 1. The Kier molecular flexibility index (Phi) is 5.69. The summed E-state index contributed by atoms with van der Waals surface area (Å²) in [5, 5.41) is 8.61. The fourth-order valence-electron chi connectivity index (χ4n) is 3.84. The highest BCUT2D eigenvalue weighted by molar-refractivity contribution is 5.76. The van der Waals surface area contributed by atoms with Gasteiger partial charge in [-0.25, -0.2) is 0 Å². The molecule has 0 bridgehead atoms. The normalized spacial score (nSPS) is 15.0. The molecule has 8 nitrogen and oxygen atoms in total. The first-order valence-electron chi connectivity index (χ1n) is 10.1. The molecule has 0 aliphatic carbocycles. The molecule has 3 aromatic rings. The molecule has 0 N–H and O–H groups in total. The number of pyridine rings is 1. The minimum absolute atomic E-state index is 0.218. The summed E-state index contributed by atoms with van der Waals surface area (Å²) in [6, 6.07) is 5.76. The summed E-state index contributed by atoms with van der Waals surface area (Å²) in [4.78, 5) is 23.1. The maximum absolute atomic E-state index is 12.6. The van der Waals surface area contributed by atoms with Gasteiger partial charge in [-0.2, -0.15) is 10.1 Å². The molecule has 1 aliphatic rings. The van der Waals surface area contributed by atoms with E-state index in [1.165, 1.54) is 0 Å². The number of carbonyl (C=O) groups is 1. The topological polar surface area (TPSA) is 89.9 Å². The first-order valence-corrected chi connectivity index (χ1v) is 10.1. The van der Waals surface area contributed by atoms with E-state index in [0.717, 1.165) is 61.7 Å². The largest absolute Gasteiger partial charge is 0.343 e. The van der Waals surface area contributed by atoms with Gasteiger partial charge in [0.2, 0.25) is 5.91 Å². The van der Waals surface area contributed by atoms with Gasteiger partial charge in [-0.05, 0) is 51.3 Å². The molecule has 8 heteroatoms. The first-order chi connectivity index (χ1) is 14.1. The van der Waals surface area contributed by atoms with Gasteiger partial charge in [0.25, 0.3) is 5.89 Å². The molecule has 4 heterocycles. The van der Waals surface area contributed by atoms with Crippen molar-refractivity contribution in [2.24, 2.45) is 0 Å². The monoisotopic (exact) mass is 394 g/mol. The van der Waals surface area contributed by atoms with E-state index in [9.17, 15) is 4.79 Å². The van der Waals surface area contributed by atoms with Crippen LogP contribution in [0.2, 0.25) is 0 Å². The van der Waals surface area contributed by atoms with Crippen molar-refractivity contribution in [2.45, 2.75) is 52.0 Å². The third-order valence-corrected chi connectivity index (χ3v) is 5.45. The molecule has 29 heavy (non-hydrogen) atoms. The summed E-state index contributed by atoms with van der Waals surface area (Å²) >= 11 is 0. The van der Waals surface area contributed by atoms with Crippen LogP contribution in [-0.2, 0) is 11.3 Å². The molecule has 0 radical (unpaired) electrons. The second kappa shape index (κ2) is 8.55. The molecule has 0 spiro atoms. The SMILES string of the molecule is Cc1cc(C)n(CCCC(=O)N2CCC(c3noc(-c4ccncc4)n3)CC2)n1. The molecule has 1 aliphatic heterocycles. The quantitative estimate of drug-likeness (QED) is 0.638. The molecule has 3 aromatic heterocycles.